The fourth-order valence-corrected chi connectivity index (χ4v) is 4.52. The normalized spacial score (nSPS) is 21.6. The van der Waals surface area contributed by atoms with Gasteiger partial charge in [0, 0.05) is 6.42 Å². The number of nitrogens with zero attached hydrogens (tertiary/aromatic N) is 1. The zero-order valence-electron chi connectivity index (χ0n) is 15.7. The van der Waals surface area contributed by atoms with Crippen molar-refractivity contribution in [2.24, 2.45) is 5.41 Å². The van der Waals surface area contributed by atoms with E-state index in [1.807, 2.05) is 30.3 Å². The van der Waals surface area contributed by atoms with Gasteiger partial charge < -0.3 is 9.84 Å². The number of hydrogen-bond donors (Lipinski definition) is 1. The number of likely N-dealkylation sites (tertiary alicyclic amines) is 1. The first-order valence-corrected chi connectivity index (χ1v) is 9.67. The van der Waals surface area contributed by atoms with Gasteiger partial charge in [-0.2, -0.15) is 0 Å². The van der Waals surface area contributed by atoms with Gasteiger partial charge in [0.15, 0.2) is 0 Å². The van der Waals surface area contributed by atoms with Crippen molar-refractivity contribution in [1.29, 1.82) is 0 Å². The highest BCUT2D eigenvalue weighted by atomic mass is 16.5. The molecule has 1 aromatic rings. The van der Waals surface area contributed by atoms with Crippen LogP contribution in [-0.2, 0) is 15.1 Å². The first-order valence-electron chi connectivity index (χ1n) is 9.67. The summed E-state index contributed by atoms with van der Waals surface area (Å²) in [5.74, 6) is 6.08. The second kappa shape index (κ2) is 8.24. The van der Waals surface area contributed by atoms with Gasteiger partial charge >= 0.3 is 5.97 Å². The van der Waals surface area contributed by atoms with Crippen LogP contribution in [0.25, 0.3) is 0 Å². The topological polar surface area (TPSA) is 49.8 Å². The Morgan fingerprint density at radius 3 is 2.42 bits per heavy atom. The van der Waals surface area contributed by atoms with E-state index in [0.717, 1.165) is 38.0 Å². The van der Waals surface area contributed by atoms with Gasteiger partial charge in [0.25, 0.3) is 0 Å². The molecule has 1 aromatic carbocycles. The van der Waals surface area contributed by atoms with Crippen molar-refractivity contribution in [3.8, 4) is 11.8 Å². The van der Waals surface area contributed by atoms with Gasteiger partial charge in [-0.25, -0.2) is 0 Å². The maximum atomic E-state index is 12.8. The number of hydrogen-bond acceptors (Lipinski definition) is 4. The number of rotatable bonds is 5. The molecule has 0 aromatic heterocycles. The van der Waals surface area contributed by atoms with E-state index in [1.54, 1.807) is 0 Å². The first kappa shape index (κ1) is 18.9. The minimum Gasteiger partial charge on any atom is -0.468 e. The third-order valence-corrected chi connectivity index (χ3v) is 6.05. The molecule has 1 unspecified atom stereocenters. The molecule has 0 amide bonds. The molecule has 3 rings (SSSR count). The molecule has 0 spiro atoms. The standard InChI is InChI=1S/C22H29NO3/c1-26-20(24)21(13-5-6-14-21)22(25,19-11-3-2-4-12-19)15-7-8-16-23-17-9-10-18-23/h2-4,11-12,25H,5-6,9-10,13-18H2,1H3. The molecule has 2 fully saturated rings. The minimum atomic E-state index is -1.32. The molecule has 1 saturated heterocycles. The summed E-state index contributed by atoms with van der Waals surface area (Å²) in [5, 5.41) is 11.8. The van der Waals surface area contributed by atoms with E-state index < -0.39 is 11.0 Å². The molecule has 1 atom stereocenters. The molecular formula is C22H29NO3. The van der Waals surface area contributed by atoms with Crippen LogP contribution in [0.1, 0.15) is 50.5 Å². The molecular weight excluding hydrogens is 326 g/mol. The van der Waals surface area contributed by atoms with Crippen LogP contribution in [0.15, 0.2) is 30.3 Å². The third kappa shape index (κ3) is 3.51. The number of methoxy groups -OCH3 is 1. The molecule has 4 nitrogen and oxygen atoms in total. The lowest BCUT2D eigenvalue weighted by atomic mass is 9.65. The average molecular weight is 355 g/mol. The summed E-state index contributed by atoms with van der Waals surface area (Å²) >= 11 is 0. The van der Waals surface area contributed by atoms with Crippen LogP contribution in [0, 0.1) is 17.3 Å². The molecule has 1 saturated carbocycles. The van der Waals surface area contributed by atoms with Gasteiger partial charge in [-0.15, -0.1) is 0 Å². The largest absolute Gasteiger partial charge is 0.468 e. The van der Waals surface area contributed by atoms with E-state index in [9.17, 15) is 9.90 Å². The Hall–Kier alpha value is -1.83. The van der Waals surface area contributed by atoms with Crippen LogP contribution in [0.5, 0.6) is 0 Å². The number of aliphatic hydroxyl groups is 1. The predicted octanol–water partition coefficient (Wildman–Crippen LogP) is 3.10. The van der Waals surface area contributed by atoms with E-state index >= 15 is 0 Å². The van der Waals surface area contributed by atoms with Crippen molar-refractivity contribution >= 4 is 5.97 Å². The molecule has 1 heterocycles. The van der Waals surface area contributed by atoms with E-state index in [1.165, 1.54) is 20.0 Å². The quantitative estimate of drug-likeness (QED) is 0.651. The van der Waals surface area contributed by atoms with Gasteiger partial charge in [0.05, 0.1) is 13.7 Å². The van der Waals surface area contributed by atoms with Crippen molar-refractivity contribution < 1.29 is 14.6 Å². The lowest BCUT2D eigenvalue weighted by Crippen LogP contribution is -2.50. The van der Waals surface area contributed by atoms with Gasteiger partial charge in [-0.05, 0) is 44.3 Å². The van der Waals surface area contributed by atoms with E-state index in [2.05, 4.69) is 16.7 Å². The van der Waals surface area contributed by atoms with E-state index in [-0.39, 0.29) is 12.4 Å². The summed E-state index contributed by atoms with van der Waals surface area (Å²) in [6.45, 7) is 2.93. The van der Waals surface area contributed by atoms with Gasteiger partial charge in [0.2, 0.25) is 0 Å². The monoisotopic (exact) mass is 355 g/mol. The average Bonchev–Trinajstić information content (AvgIpc) is 3.37. The Labute approximate surface area is 156 Å². The first-order chi connectivity index (χ1) is 12.6. The molecule has 0 bridgehead atoms. The van der Waals surface area contributed by atoms with Crippen molar-refractivity contribution in [3.05, 3.63) is 35.9 Å². The van der Waals surface area contributed by atoms with Gasteiger partial charge in [0.1, 0.15) is 11.0 Å². The highest BCUT2D eigenvalue weighted by Gasteiger charge is 2.58. The highest BCUT2D eigenvalue weighted by Crippen LogP contribution is 2.53. The zero-order valence-corrected chi connectivity index (χ0v) is 15.7. The van der Waals surface area contributed by atoms with Gasteiger partial charge in [-0.1, -0.05) is 55.0 Å². The summed E-state index contributed by atoms with van der Waals surface area (Å²) in [6.07, 6.45) is 5.84. The van der Waals surface area contributed by atoms with Gasteiger partial charge in [-0.3, -0.25) is 9.69 Å². The number of ether oxygens (including phenoxy) is 1. The van der Waals surface area contributed by atoms with E-state index in [4.69, 9.17) is 4.74 Å². The lowest BCUT2D eigenvalue weighted by Gasteiger charge is -2.42. The van der Waals surface area contributed by atoms with Crippen LogP contribution in [0.3, 0.4) is 0 Å². The maximum absolute atomic E-state index is 12.8. The van der Waals surface area contributed by atoms with Crippen LogP contribution in [0.4, 0.5) is 0 Å². The smallest absolute Gasteiger partial charge is 0.315 e. The van der Waals surface area contributed by atoms with Crippen LogP contribution < -0.4 is 0 Å². The fraction of sp³-hybridized carbons (Fsp3) is 0.591. The molecule has 2 aliphatic rings. The van der Waals surface area contributed by atoms with Crippen molar-refractivity contribution in [2.45, 2.75) is 50.5 Å². The maximum Gasteiger partial charge on any atom is 0.315 e. The number of esters is 1. The second-order valence-electron chi connectivity index (χ2n) is 7.52. The summed E-state index contributed by atoms with van der Waals surface area (Å²) < 4.78 is 5.14. The lowest BCUT2D eigenvalue weighted by molar-refractivity contribution is -0.174. The zero-order chi connectivity index (χ0) is 18.5. The molecule has 140 valence electrons. The Morgan fingerprint density at radius 2 is 1.81 bits per heavy atom. The van der Waals surface area contributed by atoms with Crippen LogP contribution >= 0.6 is 0 Å². The molecule has 26 heavy (non-hydrogen) atoms. The highest BCUT2D eigenvalue weighted by molar-refractivity contribution is 5.79. The molecule has 4 heteroatoms. The molecule has 1 aliphatic carbocycles. The number of carbonyl (C=O) groups is 1. The Balaban J connectivity index is 1.89. The predicted molar refractivity (Wildman–Crippen MR) is 101 cm³/mol. The SMILES string of the molecule is COC(=O)C1(C(O)(CC#CCN2CCCC2)c2ccccc2)CCCC1. The minimum absolute atomic E-state index is 0.250. The summed E-state index contributed by atoms with van der Waals surface area (Å²) in [6, 6.07) is 9.51. The van der Waals surface area contributed by atoms with Crippen molar-refractivity contribution in [1.82, 2.24) is 4.90 Å². The summed E-state index contributed by atoms with van der Waals surface area (Å²) in [5.41, 5.74) is -1.48. The number of carbonyl (C=O) groups excluding carboxylic acids is 1. The Bertz CT molecular complexity index is 664. The molecule has 1 N–H and O–H groups in total. The van der Waals surface area contributed by atoms with E-state index in [0.29, 0.717) is 12.8 Å². The summed E-state index contributed by atoms with van der Waals surface area (Å²) in [4.78, 5) is 15.1. The summed E-state index contributed by atoms with van der Waals surface area (Å²) in [7, 11) is 1.41. The van der Waals surface area contributed by atoms with Crippen LogP contribution in [-0.4, -0.2) is 42.7 Å². The number of benzene rings is 1. The van der Waals surface area contributed by atoms with Crippen molar-refractivity contribution in [2.75, 3.05) is 26.7 Å². The Kier molecular flexibility index (Phi) is 6.01. The second-order valence-corrected chi connectivity index (χ2v) is 7.52. The van der Waals surface area contributed by atoms with Crippen molar-refractivity contribution in [3.63, 3.8) is 0 Å². The van der Waals surface area contributed by atoms with Crippen LogP contribution in [0.2, 0.25) is 0 Å². The molecule has 0 radical (unpaired) electrons. The fourth-order valence-electron chi connectivity index (χ4n) is 4.52. The third-order valence-electron chi connectivity index (χ3n) is 6.05. The molecule has 1 aliphatic heterocycles. The Morgan fingerprint density at radius 1 is 1.15 bits per heavy atom.